The van der Waals surface area contributed by atoms with Crippen LogP contribution in [-0.2, 0) is 5.41 Å². The maximum Gasteiger partial charge on any atom is 0.0143 e. The van der Waals surface area contributed by atoms with Crippen LogP contribution in [0.3, 0.4) is 0 Å². The highest BCUT2D eigenvalue weighted by atomic mass is 14.8. The second-order valence-electron chi connectivity index (χ2n) is 4.10. The third-order valence-electron chi connectivity index (χ3n) is 2.98. The van der Waals surface area contributed by atoms with E-state index in [-0.39, 0.29) is 5.41 Å². The molecule has 2 atom stereocenters. The largest absolute Gasteiger partial charge is 0.327 e. The molecule has 1 nitrogen and oxygen atoms in total. The van der Waals surface area contributed by atoms with E-state index in [4.69, 9.17) is 5.73 Å². The van der Waals surface area contributed by atoms with Gasteiger partial charge < -0.3 is 5.73 Å². The summed E-state index contributed by atoms with van der Waals surface area (Å²) < 4.78 is 0. The third-order valence-corrected chi connectivity index (χ3v) is 2.98. The number of rotatable bonds is 1. The number of nitrogens with two attached hydrogens (primary N) is 1. The molecule has 12 heavy (non-hydrogen) atoms. The summed E-state index contributed by atoms with van der Waals surface area (Å²) in [6.07, 6.45) is 1.14. The lowest BCUT2D eigenvalue weighted by molar-refractivity contribution is 0.740. The average Bonchev–Trinajstić information content (AvgIpc) is 2.61. The first-order valence-corrected chi connectivity index (χ1v) is 4.46. The Morgan fingerprint density at radius 1 is 1.50 bits per heavy atom. The molecule has 1 aromatic rings. The molecule has 1 aliphatic carbocycles. The van der Waals surface area contributed by atoms with Gasteiger partial charge in [-0.1, -0.05) is 36.8 Å². The van der Waals surface area contributed by atoms with E-state index in [1.807, 2.05) is 0 Å². The second-order valence-corrected chi connectivity index (χ2v) is 4.10. The topological polar surface area (TPSA) is 26.0 Å². The highest BCUT2D eigenvalue weighted by Gasteiger charge is 2.48. The maximum atomic E-state index is 5.88. The lowest BCUT2D eigenvalue weighted by atomic mass is 9.96. The summed E-state index contributed by atoms with van der Waals surface area (Å²) >= 11 is 0. The number of benzene rings is 1. The Morgan fingerprint density at radius 2 is 2.17 bits per heavy atom. The van der Waals surface area contributed by atoms with Crippen LogP contribution in [0.25, 0.3) is 0 Å². The van der Waals surface area contributed by atoms with Crippen LogP contribution in [0.1, 0.15) is 24.5 Å². The first-order chi connectivity index (χ1) is 5.63. The van der Waals surface area contributed by atoms with Gasteiger partial charge in [-0.2, -0.15) is 0 Å². The zero-order chi connectivity index (χ0) is 8.77. The van der Waals surface area contributed by atoms with Crippen molar-refractivity contribution in [2.24, 2.45) is 5.73 Å². The van der Waals surface area contributed by atoms with E-state index in [0.717, 1.165) is 6.42 Å². The summed E-state index contributed by atoms with van der Waals surface area (Å²) in [5.41, 5.74) is 8.88. The van der Waals surface area contributed by atoms with Crippen LogP contribution in [0.5, 0.6) is 0 Å². The lowest BCUT2D eigenvalue weighted by Gasteiger charge is -2.10. The predicted molar refractivity (Wildman–Crippen MR) is 51.1 cm³/mol. The normalized spacial score (nSPS) is 33.4. The summed E-state index contributed by atoms with van der Waals surface area (Å²) in [5.74, 6) is 0. The van der Waals surface area contributed by atoms with E-state index in [9.17, 15) is 0 Å². The Morgan fingerprint density at radius 3 is 2.67 bits per heavy atom. The molecule has 2 N–H and O–H groups in total. The van der Waals surface area contributed by atoms with E-state index in [1.54, 1.807) is 0 Å². The van der Waals surface area contributed by atoms with Gasteiger partial charge in [0.05, 0.1) is 0 Å². The van der Waals surface area contributed by atoms with Crippen LogP contribution >= 0.6 is 0 Å². The minimum absolute atomic E-state index is 0.270. The molecule has 0 amide bonds. The Hall–Kier alpha value is -0.820. The van der Waals surface area contributed by atoms with Crippen molar-refractivity contribution >= 4 is 0 Å². The summed E-state index contributed by atoms with van der Waals surface area (Å²) in [7, 11) is 0. The van der Waals surface area contributed by atoms with Gasteiger partial charge in [-0.15, -0.1) is 0 Å². The van der Waals surface area contributed by atoms with Crippen molar-refractivity contribution < 1.29 is 0 Å². The molecule has 64 valence electrons. The van der Waals surface area contributed by atoms with Crippen LogP contribution in [0, 0.1) is 6.92 Å². The summed E-state index contributed by atoms with van der Waals surface area (Å²) in [6, 6.07) is 9.04. The van der Waals surface area contributed by atoms with E-state index in [1.165, 1.54) is 11.1 Å². The van der Waals surface area contributed by atoms with Crippen molar-refractivity contribution in [2.45, 2.75) is 31.7 Å². The van der Waals surface area contributed by atoms with E-state index < -0.39 is 0 Å². The molecule has 1 aromatic carbocycles. The zero-order valence-electron chi connectivity index (χ0n) is 7.67. The van der Waals surface area contributed by atoms with Gasteiger partial charge in [0.25, 0.3) is 0 Å². The van der Waals surface area contributed by atoms with Crippen molar-refractivity contribution in [3.05, 3.63) is 35.4 Å². The molecule has 0 saturated heterocycles. The highest BCUT2D eigenvalue weighted by Crippen LogP contribution is 2.46. The lowest BCUT2D eigenvalue weighted by Crippen LogP contribution is -2.14. The molecule has 0 heterocycles. The molecule has 2 rings (SSSR count). The first kappa shape index (κ1) is 7.81. The second kappa shape index (κ2) is 2.33. The van der Waals surface area contributed by atoms with Crippen LogP contribution in [0.2, 0.25) is 0 Å². The smallest absolute Gasteiger partial charge is 0.0143 e. The summed E-state index contributed by atoms with van der Waals surface area (Å²) in [6.45, 7) is 4.37. The number of hydrogen-bond acceptors (Lipinski definition) is 1. The Labute approximate surface area is 73.6 Å². The molecule has 2 unspecified atom stereocenters. The molecule has 1 heteroatoms. The zero-order valence-corrected chi connectivity index (χ0v) is 7.67. The monoisotopic (exact) mass is 161 g/mol. The van der Waals surface area contributed by atoms with E-state index in [2.05, 4.69) is 38.1 Å². The molecule has 1 aliphatic rings. The van der Waals surface area contributed by atoms with Crippen LogP contribution in [0.4, 0.5) is 0 Å². The minimum atomic E-state index is 0.270. The average molecular weight is 161 g/mol. The van der Waals surface area contributed by atoms with Crippen LogP contribution in [0.15, 0.2) is 24.3 Å². The van der Waals surface area contributed by atoms with Gasteiger partial charge in [-0.25, -0.2) is 0 Å². The van der Waals surface area contributed by atoms with Crippen molar-refractivity contribution in [2.75, 3.05) is 0 Å². The Bertz CT molecular complexity index is 306. The molecule has 0 radical (unpaired) electrons. The first-order valence-electron chi connectivity index (χ1n) is 4.46. The quantitative estimate of drug-likeness (QED) is 0.669. The van der Waals surface area contributed by atoms with Gasteiger partial charge in [0.2, 0.25) is 0 Å². The van der Waals surface area contributed by atoms with Crippen molar-refractivity contribution in [1.82, 2.24) is 0 Å². The van der Waals surface area contributed by atoms with Crippen molar-refractivity contribution in [3.8, 4) is 0 Å². The summed E-state index contributed by atoms with van der Waals surface area (Å²) in [5, 5.41) is 0. The van der Waals surface area contributed by atoms with Gasteiger partial charge in [0.15, 0.2) is 0 Å². The predicted octanol–water partition coefficient (Wildman–Crippen LogP) is 1.98. The van der Waals surface area contributed by atoms with E-state index in [0.29, 0.717) is 6.04 Å². The molecular weight excluding hydrogens is 146 g/mol. The standard InChI is InChI=1S/C11H15N/c1-8-4-3-5-9(6-8)11(2)7-10(11)12/h3-6,10H,7,12H2,1-2H3. The Balaban J connectivity index is 2.36. The molecule has 1 saturated carbocycles. The van der Waals surface area contributed by atoms with Crippen molar-refractivity contribution in [3.63, 3.8) is 0 Å². The fourth-order valence-corrected chi connectivity index (χ4v) is 1.73. The fourth-order valence-electron chi connectivity index (χ4n) is 1.73. The molecule has 0 spiro atoms. The number of aryl methyl sites for hydroxylation is 1. The van der Waals surface area contributed by atoms with Gasteiger partial charge >= 0.3 is 0 Å². The minimum Gasteiger partial charge on any atom is -0.327 e. The van der Waals surface area contributed by atoms with Crippen LogP contribution < -0.4 is 5.73 Å². The van der Waals surface area contributed by atoms with Crippen molar-refractivity contribution in [1.29, 1.82) is 0 Å². The number of hydrogen-bond donors (Lipinski definition) is 1. The summed E-state index contributed by atoms with van der Waals surface area (Å²) in [4.78, 5) is 0. The molecule has 1 fully saturated rings. The van der Waals surface area contributed by atoms with E-state index >= 15 is 0 Å². The fraction of sp³-hybridized carbons (Fsp3) is 0.455. The molecule has 0 aromatic heterocycles. The van der Waals surface area contributed by atoms with Gasteiger partial charge in [-0.3, -0.25) is 0 Å². The van der Waals surface area contributed by atoms with Gasteiger partial charge in [-0.05, 0) is 18.9 Å². The highest BCUT2D eigenvalue weighted by molar-refractivity contribution is 5.36. The molecule has 0 aliphatic heterocycles. The maximum absolute atomic E-state index is 5.88. The van der Waals surface area contributed by atoms with Gasteiger partial charge in [0, 0.05) is 11.5 Å². The SMILES string of the molecule is Cc1cccc(C2(C)CC2N)c1. The molecular formula is C11H15N. The Kier molecular flexibility index (Phi) is 1.52. The van der Waals surface area contributed by atoms with Gasteiger partial charge in [0.1, 0.15) is 0 Å². The third kappa shape index (κ3) is 1.05. The molecule has 0 bridgehead atoms. The van der Waals surface area contributed by atoms with Crippen LogP contribution in [-0.4, -0.2) is 6.04 Å².